The Morgan fingerprint density at radius 1 is 0.958 bits per heavy atom. The molecule has 1 aliphatic rings. The van der Waals surface area contributed by atoms with E-state index >= 15 is 0 Å². The van der Waals surface area contributed by atoms with E-state index in [1.165, 1.54) is 22.8 Å². The summed E-state index contributed by atoms with van der Waals surface area (Å²) in [5, 5.41) is 13.1. The van der Waals surface area contributed by atoms with Gasteiger partial charge in [-0.05, 0) is 29.0 Å². The number of benzene rings is 3. The summed E-state index contributed by atoms with van der Waals surface area (Å²) in [5.74, 6) is 0.261. The third kappa shape index (κ3) is 1.54. The summed E-state index contributed by atoms with van der Waals surface area (Å²) >= 11 is 0. The smallest absolute Gasteiger partial charge is 0.268 e. The summed E-state index contributed by atoms with van der Waals surface area (Å²) in [4.78, 5) is 27.8. The van der Waals surface area contributed by atoms with Gasteiger partial charge in [0.25, 0.3) is 11.6 Å². The molecule has 0 amide bonds. The number of fused-ring (bicyclic) bond motifs is 6. The summed E-state index contributed by atoms with van der Waals surface area (Å²) in [7, 11) is 0. The van der Waals surface area contributed by atoms with Crippen LogP contribution in [0.5, 0.6) is 0 Å². The molecule has 0 bridgehead atoms. The van der Waals surface area contributed by atoms with Gasteiger partial charge in [0.05, 0.1) is 21.5 Å². The van der Waals surface area contributed by atoms with Gasteiger partial charge in [0, 0.05) is 17.7 Å². The molecule has 0 atom stereocenters. The van der Waals surface area contributed by atoms with Crippen LogP contribution < -0.4 is 0 Å². The largest absolute Gasteiger partial charge is 0.270 e. The molecule has 5 rings (SSSR count). The minimum absolute atomic E-state index is 0.0489. The van der Waals surface area contributed by atoms with Crippen molar-refractivity contribution in [1.29, 1.82) is 0 Å². The maximum Gasteiger partial charge on any atom is 0.270 e. The van der Waals surface area contributed by atoms with E-state index in [4.69, 9.17) is 0 Å². The van der Waals surface area contributed by atoms with E-state index in [9.17, 15) is 14.9 Å². The predicted molar refractivity (Wildman–Crippen MR) is 89.1 cm³/mol. The second kappa shape index (κ2) is 4.26. The van der Waals surface area contributed by atoms with Gasteiger partial charge in [0.15, 0.2) is 0 Å². The maximum absolute atomic E-state index is 12.7. The molecule has 1 aromatic heterocycles. The molecule has 1 aliphatic heterocycles. The highest BCUT2D eigenvalue weighted by molar-refractivity contribution is 6.14. The van der Waals surface area contributed by atoms with E-state index in [0.717, 1.165) is 10.8 Å². The van der Waals surface area contributed by atoms with Gasteiger partial charge in [-0.15, -0.1) is 0 Å². The molecule has 0 saturated carbocycles. The van der Waals surface area contributed by atoms with E-state index in [1.54, 1.807) is 0 Å². The number of carbonyl (C=O) groups excluding carboxylic acids is 1. The Labute approximate surface area is 135 Å². The number of aromatic nitrogens is 2. The second-order valence-electron chi connectivity index (χ2n) is 5.75. The van der Waals surface area contributed by atoms with Crippen molar-refractivity contribution in [3.05, 3.63) is 70.3 Å². The van der Waals surface area contributed by atoms with Gasteiger partial charge in [-0.25, -0.2) is 4.98 Å². The molecule has 0 N–H and O–H groups in total. The Morgan fingerprint density at radius 3 is 2.46 bits per heavy atom. The van der Waals surface area contributed by atoms with Crippen molar-refractivity contribution in [3.63, 3.8) is 0 Å². The summed E-state index contributed by atoms with van der Waals surface area (Å²) in [6.07, 6.45) is 0. The highest BCUT2D eigenvalue weighted by atomic mass is 16.6. The minimum Gasteiger partial charge on any atom is -0.268 e. The Morgan fingerprint density at radius 2 is 1.71 bits per heavy atom. The molecule has 6 nitrogen and oxygen atoms in total. The number of imidazole rings is 1. The van der Waals surface area contributed by atoms with Crippen molar-refractivity contribution in [2.24, 2.45) is 0 Å². The number of hydrogen-bond acceptors (Lipinski definition) is 4. The lowest BCUT2D eigenvalue weighted by Gasteiger charge is -2.01. The molecule has 0 fully saturated rings. The first-order chi connectivity index (χ1) is 11.6. The van der Waals surface area contributed by atoms with Crippen LogP contribution in [0.15, 0.2) is 54.6 Å². The molecule has 6 heteroatoms. The van der Waals surface area contributed by atoms with Crippen LogP contribution >= 0.6 is 0 Å². The lowest BCUT2D eigenvalue weighted by atomic mass is 10.1. The highest BCUT2D eigenvalue weighted by Gasteiger charge is 2.31. The van der Waals surface area contributed by atoms with Crippen LogP contribution in [0.3, 0.4) is 0 Å². The fourth-order valence-electron chi connectivity index (χ4n) is 3.29. The molecule has 0 saturated heterocycles. The van der Waals surface area contributed by atoms with Crippen molar-refractivity contribution in [1.82, 2.24) is 9.55 Å². The van der Waals surface area contributed by atoms with Crippen molar-refractivity contribution >= 4 is 33.4 Å². The Hall–Kier alpha value is -3.54. The average Bonchev–Trinajstić information content (AvgIpc) is 3.08. The first-order valence-electron chi connectivity index (χ1n) is 7.38. The van der Waals surface area contributed by atoms with Gasteiger partial charge in [0.1, 0.15) is 5.82 Å². The summed E-state index contributed by atoms with van der Waals surface area (Å²) in [6, 6.07) is 16.0. The van der Waals surface area contributed by atoms with Crippen molar-refractivity contribution in [2.45, 2.75) is 0 Å². The van der Waals surface area contributed by atoms with E-state index in [2.05, 4.69) is 4.98 Å². The predicted octanol–water partition coefficient (Wildman–Crippen LogP) is 3.77. The van der Waals surface area contributed by atoms with Gasteiger partial charge < -0.3 is 0 Å². The second-order valence-corrected chi connectivity index (χ2v) is 5.75. The Balaban J connectivity index is 1.86. The van der Waals surface area contributed by atoms with Crippen LogP contribution in [0.2, 0.25) is 0 Å². The van der Waals surface area contributed by atoms with Gasteiger partial charge in [-0.2, -0.15) is 0 Å². The standard InChI is InChI=1S/C18H9N3O3/c22-18-13-6-5-12(21(23)24)9-14(13)17-19-15-7-10-3-1-2-4-11(10)8-16(15)20(17)18/h1-9H. The van der Waals surface area contributed by atoms with E-state index in [1.807, 2.05) is 36.4 Å². The van der Waals surface area contributed by atoms with Crippen molar-refractivity contribution in [3.8, 4) is 11.4 Å². The third-order valence-electron chi connectivity index (χ3n) is 4.41. The van der Waals surface area contributed by atoms with Crippen LogP contribution in [-0.4, -0.2) is 20.4 Å². The lowest BCUT2D eigenvalue weighted by Crippen LogP contribution is -2.05. The lowest BCUT2D eigenvalue weighted by molar-refractivity contribution is -0.384. The van der Waals surface area contributed by atoms with Gasteiger partial charge in [-0.1, -0.05) is 24.3 Å². The number of nitro benzene ring substituents is 1. The molecule has 24 heavy (non-hydrogen) atoms. The third-order valence-corrected chi connectivity index (χ3v) is 4.41. The SMILES string of the molecule is O=C1c2ccc([N+](=O)[O-])cc2-c2nc3cc4ccccc4cc3n21. The van der Waals surface area contributed by atoms with Crippen molar-refractivity contribution < 1.29 is 9.72 Å². The summed E-state index contributed by atoms with van der Waals surface area (Å²) < 4.78 is 1.54. The molecule has 0 spiro atoms. The number of rotatable bonds is 1. The quantitative estimate of drug-likeness (QED) is 0.348. The van der Waals surface area contributed by atoms with E-state index in [0.29, 0.717) is 28.0 Å². The maximum atomic E-state index is 12.7. The highest BCUT2D eigenvalue weighted by Crippen LogP contribution is 2.37. The van der Waals surface area contributed by atoms with Crippen LogP contribution in [0, 0.1) is 10.1 Å². The van der Waals surface area contributed by atoms with Gasteiger partial charge >= 0.3 is 0 Å². The molecule has 114 valence electrons. The normalized spacial score (nSPS) is 12.6. The van der Waals surface area contributed by atoms with Crippen LogP contribution in [0.4, 0.5) is 5.69 Å². The number of hydrogen-bond donors (Lipinski definition) is 0. The molecule has 0 aliphatic carbocycles. The zero-order valence-electron chi connectivity index (χ0n) is 12.3. The zero-order valence-corrected chi connectivity index (χ0v) is 12.3. The van der Waals surface area contributed by atoms with Crippen molar-refractivity contribution in [2.75, 3.05) is 0 Å². The molecule has 0 radical (unpaired) electrons. The minimum atomic E-state index is -0.468. The van der Waals surface area contributed by atoms with Crippen LogP contribution in [-0.2, 0) is 0 Å². The molecular formula is C18H9N3O3. The molecule has 0 unspecified atom stereocenters. The first-order valence-corrected chi connectivity index (χ1v) is 7.38. The van der Waals surface area contributed by atoms with E-state index in [-0.39, 0.29) is 11.6 Å². The molecule has 2 heterocycles. The fourth-order valence-corrected chi connectivity index (χ4v) is 3.29. The van der Waals surface area contributed by atoms with Gasteiger partial charge in [0.2, 0.25) is 0 Å². The number of nitro groups is 1. The van der Waals surface area contributed by atoms with Crippen LogP contribution in [0.1, 0.15) is 10.4 Å². The fraction of sp³-hybridized carbons (Fsp3) is 0. The van der Waals surface area contributed by atoms with Crippen LogP contribution in [0.25, 0.3) is 33.2 Å². The Bertz CT molecular complexity index is 1210. The summed E-state index contributed by atoms with van der Waals surface area (Å²) in [5.41, 5.74) is 2.32. The van der Waals surface area contributed by atoms with Gasteiger partial charge in [-0.3, -0.25) is 19.5 Å². The number of non-ortho nitro benzene ring substituents is 1. The monoisotopic (exact) mass is 315 g/mol. The average molecular weight is 315 g/mol. The topological polar surface area (TPSA) is 78.0 Å². The molecule has 4 aromatic rings. The summed E-state index contributed by atoms with van der Waals surface area (Å²) in [6.45, 7) is 0. The Kier molecular flexibility index (Phi) is 2.30. The zero-order chi connectivity index (χ0) is 16.4. The molecule has 3 aromatic carbocycles. The first kappa shape index (κ1) is 13.0. The number of carbonyl (C=O) groups is 1. The molecular weight excluding hydrogens is 306 g/mol. The van der Waals surface area contributed by atoms with E-state index < -0.39 is 4.92 Å². The number of nitrogens with zero attached hydrogens (tertiary/aromatic N) is 3.